The van der Waals surface area contributed by atoms with Crippen molar-refractivity contribution in [2.75, 3.05) is 11.9 Å². The molecule has 12 heteroatoms. The molecule has 33 heavy (non-hydrogen) atoms. The van der Waals surface area contributed by atoms with Gasteiger partial charge in [-0.25, -0.2) is 8.42 Å². The van der Waals surface area contributed by atoms with Gasteiger partial charge in [-0.2, -0.15) is 4.80 Å². The van der Waals surface area contributed by atoms with E-state index in [1.165, 1.54) is 16.9 Å². The van der Waals surface area contributed by atoms with Gasteiger partial charge in [0.15, 0.2) is 6.04 Å². The number of hydrogen-bond acceptors (Lipinski definition) is 7. The molecule has 0 saturated heterocycles. The Morgan fingerprint density at radius 3 is 2.70 bits per heavy atom. The average molecular weight is 488 g/mol. The molecule has 4 rings (SSSR count). The number of tetrazole rings is 1. The average Bonchev–Trinajstić information content (AvgIpc) is 3.47. The molecular formula is C21H22ClN7O3S. The normalized spacial score (nSPS) is 14.5. The van der Waals surface area contributed by atoms with Crippen molar-refractivity contribution in [3.8, 4) is 11.4 Å². The van der Waals surface area contributed by atoms with Crippen molar-refractivity contribution < 1.29 is 13.2 Å². The van der Waals surface area contributed by atoms with Crippen LogP contribution >= 0.6 is 11.6 Å². The molecule has 0 fully saturated rings. The summed E-state index contributed by atoms with van der Waals surface area (Å²) in [4.78, 5) is 18.4. The van der Waals surface area contributed by atoms with Gasteiger partial charge in [-0.3, -0.25) is 14.5 Å². The number of nitrogens with one attached hydrogen (secondary N) is 2. The first-order chi connectivity index (χ1) is 15.9. The molecule has 1 aromatic heterocycles. The Hall–Kier alpha value is -3.31. The SMILES string of the molecule is CC[C@@H](C(=O)Nc1cccc(S(=O)(=O)NC2=NCCC2)c1)n1nnc(-c2ccc(Cl)cc2)n1. The van der Waals surface area contributed by atoms with E-state index in [1.807, 2.05) is 6.92 Å². The zero-order valence-electron chi connectivity index (χ0n) is 17.8. The van der Waals surface area contributed by atoms with Crippen LogP contribution in [-0.2, 0) is 14.8 Å². The molecule has 1 aliphatic rings. The summed E-state index contributed by atoms with van der Waals surface area (Å²) in [6.07, 6.45) is 1.82. The summed E-state index contributed by atoms with van der Waals surface area (Å²) in [7, 11) is -3.79. The number of amidine groups is 1. The molecule has 2 heterocycles. The first-order valence-electron chi connectivity index (χ1n) is 10.4. The molecule has 1 amide bonds. The van der Waals surface area contributed by atoms with Gasteiger partial charge < -0.3 is 5.32 Å². The van der Waals surface area contributed by atoms with E-state index in [-0.39, 0.29) is 10.8 Å². The number of halogens is 1. The molecule has 172 valence electrons. The molecular weight excluding hydrogens is 466 g/mol. The molecule has 1 aliphatic heterocycles. The fourth-order valence-electron chi connectivity index (χ4n) is 3.33. The maximum atomic E-state index is 12.9. The summed E-state index contributed by atoms with van der Waals surface area (Å²) in [6, 6.07) is 12.3. The van der Waals surface area contributed by atoms with E-state index in [0.717, 1.165) is 12.0 Å². The van der Waals surface area contributed by atoms with E-state index < -0.39 is 16.1 Å². The second-order valence-electron chi connectivity index (χ2n) is 7.42. The third kappa shape index (κ3) is 5.37. The standard InChI is InChI=1S/C21H22ClN7O3S/c1-2-18(29-26-20(25-28-29)14-8-10-15(22)11-9-14)21(30)24-16-5-3-6-17(13-16)33(31,32)27-19-7-4-12-23-19/h3,5-6,8-11,13,18H,2,4,7,12H2,1H3,(H,23,27)(H,24,30)/t18-/m0/s1. The Morgan fingerprint density at radius 1 is 1.21 bits per heavy atom. The number of anilines is 1. The van der Waals surface area contributed by atoms with Gasteiger partial charge >= 0.3 is 0 Å². The second-order valence-corrected chi connectivity index (χ2v) is 9.54. The Bertz CT molecular complexity index is 1290. The Kier molecular flexibility index (Phi) is 6.70. The van der Waals surface area contributed by atoms with Crippen LogP contribution in [0.1, 0.15) is 32.2 Å². The molecule has 2 aromatic carbocycles. The van der Waals surface area contributed by atoms with Crippen molar-refractivity contribution in [3.63, 3.8) is 0 Å². The number of aliphatic imine (C=N–C) groups is 1. The van der Waals surface area contributed by atoms with E-state index in [4.69, 9.17) is 11.6 Å². The van der Waals surface area contributed by atoms with Crippen molar-refractivity contribution in [1.82, 2.24) is 24.9 Å². The number of amides is 1. The van der Waals surface area contributed by atoms with E-state index in [9.17, 15) is 13.2 Å². The van der Waals surface area contributed by atoms with Gasteiger partial charge in [-0.05, 0) is 60.5 Å². The second kappa shape index (κ2) is 9.67. The van der Waals surface area contributed by atoms with Gasteiger partial charge in [0.25, 0.3) is 15.9 Å². The van der Waals surface area contributed by atoms with Gasteiger partial charge in [-0.1, -0.05) is 24.6 Å². The van der Waals surface area contributed by atoms with Crippen molar-refractivity contribution in [3.05, 3.63) is 53.6 Å². The van der Waals surface area contributed by atoms with E-state index in [2.05, 4.69) is 30.4 Å². The summed E-state index contributed by atoms with van der Waals surface area (Å²) >= 11 is 5.92. The lowest BCUT2D eigenvalue weighted by atomic mass is 10.2. The summed E-state index contributed by atoms with van der Waals surface area (Å²) in [6.45, 7) is 2.44. The molecule has 2 N–H and O–H groups in total. The zero-order chi connectivity index (χ0) is 23.4. The van der Waals surface area contributed by atoms with Crippen molar-refractivity contribution in [1.29, 1.82) is 0 Å². The van der Waals surface area contributed by atoms with Crippen LogP contribution in [0.4, 0.5) is 5.69 Å². The lowest BCUT2D eigenvalue weighted by Gasteiger charge is -2.14. The maximum Gasteiger partial charge on any atom is 0.262 e. The highest BCUT2D eigenvalue weighted by atomic mass is 35.5. The first kappa shape index (κ1) is 22.9. The van der Waals surface area contributed by atoms with E-state index in [0.29, 0.717) is 41.8 Å². The number of hydrogen-bond donors (Lipinski definition) is 2. The summed E-state index contributed by atoms with van der Waals surface area (Å²) in [5, 5.41) is 15.7. The van der Waals surface area contributed by atoms with Gasteiger partial charge in [0.1, 0.15) is 5.84 Å². The van der Waals surface area contributed by atoms with Crippen LogP contribution in [0.5, 0.6) is 0 Å². The van der Waals surface area contributed by atoms with Crippen LogP contribution in [0.2, 0.25) is 5.02 Å². The molecule has 0 unspecified atom stereocenters. The largest absolute Gasteiger partial charge is 0.324 e. The predicted molar refractivity (Wildman–Crippen MR) is 125 cm³/mol. The number of benzene rings is 2. The molecule has 3 aromatic rings. The predicted octanol–water partition coefficient (Wildman–Crippen LogP) is 3.05. The maximum absolute atomic E-state index is 12.9. The fraction of sp³-hybridized carbons (Fsp3) is 0.286. The number of sulfonamides is 1. The monoisotopic (exact) mass is 487 g/mol. The van der Waals surface area contributed by atoms with Crippen molar-refractivity contribution in [2.24, 2.45) is 4.99 Å². The molecule has 1 atom stereocenters. The topological polar surface area (TPSA) is 131 Å². The first-order valence-corrected chi connectivity index (χ1v) is 12.2. The summed E-state index contributed by atoms with van der Waals surface area (Å²) in [5.41, 5.74) is 1.06. The van der Waals surface area contributed by atoms with Crippen LogP contribution in [-0.4, -0.2) is 46.9 Å². The van der Waals surface area contributed by atoms with Crippen LogP contribution in [0.3, 0.4) is 0 Å². The molecule has 0 bridgehead atoms. The lowest BCUT2D eigenvalue weighted by molar-refractivity contribution is -0.120. The third-order valence-electron chi connectivity index (χ3n) is 5.04. The van der Waals surface area contributed by atoms with Crippen LogP contribution < -0.4 is 10.0 Å². The van der Waals surface area contributed by atoms with Crippen LogP contribution in [0.25, 0.3) is 11.4 Å². The van der Waals surface area contributed by atoms with Crippen molar-refractivity contribution >= 4 is 39.1 Å². The number of carbonyl (C=O) groups is 1. The highest BCUT2D eigenvalue weighted by Crippen LogP contribution is 2.21. The third-order valence-corrected chi connectivity index (χ3v) is 6.67. The van der Waals surface area contributed by atoms with E-state index in [1.54, 1.807) is 36.4 Å². The van der Waals surface area contributed by atoms with Crippen LogP contribution in [0.15, 0.2) is 58.4 Å². The number of carbonyl (C=O) groups excluding carboxylic acids is 1. The van der Waals surface area contributed by atoms with Gasteiger partial charge in [-0.15, -0.1) is 10.2 Å². The minimum Gasteiger partial charge on any atom is -0.324 e. The molecule has 0 saturated carbocycles. The number of nitrogens with zero attached hydrogens (tertiary/aromatic N) is 5. The van der Waals surface area contributed by atoms with Gasteiger partial charge in [0.05, 0.1) is 4.90 Å². The minimum atomic E-state index is -3.79. The lowest BCUT2D eigenvalue weighted by Crippen LogP contribution is -2.29. The Balaban J connectivity index is 1.49. The molecule has 0 aliphatic carbocycles. The number of aromatic nitrogens is 4. The highest BCUT2D eigenvalue weighted by molar-refractivity contribution is 7.90. The molecule has 10 nitrogen and oxygen atoms in total. The van der Waals surface area contributed by atoms with Gasteiger partial charge in [0.2, 0.25) is 5.82 Å². The summed E-state index contributed by atoms with van der Waals surface area (Å²) in [5.74, 6) is 0.427. The number of rotatable bonds is 7. The van der Waals surface area contributed by atoms with Gasteiger partial charge in [0, 0.05) is 29.2 Å². The zero-order valence-corrected chi connectivity index (χ0v) is 19.3. The highest BCUT2D eigenvalue weighted by Gasteiger charge is 2.23. The quantitative estimate of drug-likeness (QED) is 0.526. The Morgan fingerprint density at radius 2 is 2.00 bits per heavy atom. The Labute approximate surface area is 196 Å². The van der Waals surface area contributed by atoms with E-state index >= 15 is 0 Å². The summed E-state index contributed by atoms with van der Waals surface area (Å²) < 4.78 is 27.8. The van der Waals surface area contributed by atoms with Crippen molar-refractivity contribution in [2.45, 2.75) is 37.1 Å². The minimum absolute atomic E-state index is 0.0341. The fourth-order valence-corrected chi connectivity index (χ4v) is 4.59. The van der Waals surface area contributed by atoms with Crippen LogP contribution in [0, 0.1) is 0 Å². The molecule has 0 radical (unpaired) electrons. The molecule has 0 spiro atoms. The smallest absolute Gasteiger partial charge is 0.262 e.